The molecule has 0 spiro atoms. The molecule has 1 heterocycles. The van der Waals surface area contributed by atoms with E-state index in [-0.39, 0.29) is 18.1 Å². The van der Waals surface area contributed by atoms with Gasteiger partial charge in [0.15, 0.2) is 8.32 Å². The fourth-order valence-electron chi connectivity index (χ4n) is 2.02. The van der Waals surface area contributed by atoms with Crippen LogP contribution in [0.15, 0.2) is 24.1 Å². The van der Waals surface area contributed by atoms with Crippen molar-refractivity contribution < 1.29 is 9.08 Å². The Morgan fingerprint density at radius 1 is 0.944 bits per heavy atom. The second kappa shape index (κ2) is 5.35. The number of allylic oxidation sites excluding steroid dienone is 2. The molecule has 0 aliphatic carbocycles. The summed E-state index contributed by atoms with van der Waals surface area (Å²) in [6.45, 7) is 15.2. The van der Waals surface area contributed by atoms with Gasteiger partial charge in [-0.05, 0) is 53.8 Å². The van der Waals surface area contributed by atoms with Crippen molar-refractivity contribution in [1.29, 1.82) is 0 Å². The van der Waals surface area contributed by atoms with Gasteiger partial charge in [-0.2, -0.15) is 0 Å². The van der Waals surface area contributed by atoms with Crippen LogP contribution in [0, 0.1) is 0 Å². The molecular weight excluding hydrogens is 239 g/mol. The summed E-state index contributed by atoms with van der Waals surface area (Å²) in [4.78, 5) is 0. The van der Waals surface area contributed by atoms with Crippen molar-refractivity contribution in [2.75, 3.05) is 0 Å². The first kappa shape index (κ1) is 15.7. The Kier molecular flexibility index (Phi) is 4.68. The lowest BCUT2D eigenvalue weighted by Gasteiger charge is -2.46. The molecule has 0 unspecified atom stereocenters. The Bertz CT molecular complexity index is 328. The zero-order valence-electron chi connectivity index (χ0n) is 12.9. The molecule has 4 heteroatoms. The number of hydrogen-bond acceptors (Lipinski definition) is 2. The normalized spacial score (nSPS) is 17.4. The minimum atomic E-state index is -1.58. The van der Waals surface area contributed by atoms with Gasteiger partial charge in [0.05, 0.1) is 11.2 Å². The minimum absolute atomic E-state index is 0.0678. The van der Waals surface area contributed by atoms with Gasteiger partial charge < -0.3 is 9.08 Å². The highest BCUT2D eigenvalue weighted by molar-refractivity contribution is 6.69. The molecule has 2 nitrogen and oxygen atoms in total. The van der Waals surface area contributed by atoms with E-state index in [0.717, 1.165) is 6.42 Å². The summed E-state index contributed by atoms with van der Waals surface area (Å²) in [5.41, 5.74) is -0.624. The molecule has 0 fully saturated rings. The van der Waals surface area contributed by atoms with Crippen LogP contribution in [0.2, 0.25) is 19.6 Å². The molecule has 0 radical (unpaired) electrons. The SMILES string of the molecule is CC(C)(OB1C=CCC=C1)C(C)(C)O[Si](C)(C)C. The lowest BCUT2D eigenvalue weighted by Crippen LogP contribution is -2.55. The highest BCUT2D eigenvalue weighted by Gasteiger charge is 2.43. The van der Waals surface area contributed by atoms with E-state index in [9.17, 15) is 0 Å². The molecule has 0 aromatic rings. The zero-order valence-corrected chi connectivity index (χ0v) is 13.9. The van der Waals surface area contributed by atoms with Crippen molar-refractivity contribution in [3.05, 3.63) is 24.1 Å². The van der Waals surface area contributed by atoms with E-state index in [0.29, 0.717) is 0 Å². The molecule has 18 heavy (non-hydrogen) atoms. The quantitative estimate of drug-likeness (QED) is 0.700. The van der Waals surface area contributed by atoms with Crippen LogP contribution in [-0.2, 0) is 9.08 Å². The molecule has 0 aromatic heterocycles. The monoisotopic (exact) mass is 266 g/mol. The van der Waals surface area contributed by atoms with Crippen LogP contribution in [0.1, 0.15) is 34.1 Å². The van der Waals surface area contributed by atoms with Crippen molar-refractivity contribution in [1.82, 2.24) is 0 Å². The number of hydrogen-bond donors (Lipinski definition) is 0. The predicted molar refractivity (Wildman–Crippen MR) is 82.3 cm³/mol. The van der Waals surface area contributed by atoms with E-state index in [1.54, 1.807) is 0 Å². The third kappa shape index (κ3) is 4.41. The van der Waals surface area contributed by atoms with E-state index in [1.165, 1.54) is 0 Å². The summed E-state index contributed by atoms with van der Waals surface area (Å²) in [6, 6.07) is 0. The van der Waals surface area contributed by atoms with Gasteiger partial charge in [0.2, 0.25) is 0 Å². The maximum absolute atomic E-state index is 6.30. The number of rotatable bonds is 5. The van der Waals surface area contributed by atoms with E-state index in [4.69, 9.17) is 9.08 Å². The second-order valence-electron chi connectivity index (χ2n) is 6.91. The van der Waals surface area contributed by atoms with Gasteiger partial charge >= 0.3 is 6.92 Å². The van der Waals surface area contributed by atoms with Crippen molar-refractivity contribution in [3.8, 4) is 0 Å². The van der Waals surface area contributed by atoms with Crippen LogP contribution < -0.4 is 0 Å². The third-order valence-electron chi connectivity index (χ3n) is 3.37. The minimum Gasteiger partial charge on any atom is -0.420 e. The van der Waals surface area contributed by atoms with Gasteiger partial charge in [-0.3, -0.25) is 0 Å². The fourth-order valence-corrected chi connectivity index (χ4v) is 3.79. The Morgan fingerprint density at radius 2 is 1.44 bits per heavy atom. The highest BCUT2D eigenvalue weighted by Crippen LogP contribution is 2.33. The first-order valence-electron chi connectivity index (χ1n) is 6.75. The Balaban J connectivity index is 2.74. The second-order valence-corrected chi connectivity index (χ2v) is 11.3. The van der Waals surface area contributed by atoms with Gasteiger partial charge in [0.25, 0.3) is 0 Å². The Hall–Kier alpha value is -0.318. The average molecular weight is 266 g/mol. The Morgan fingerprint density at radius 3 is 1.89 bits per heavy atom. The van der Waals surface area contributed by atoms with Crippen LogP contribution in [0.3, 0.4) is 0 Å². The van der Waals surface area contributed by atoms with Crippen LogP contribution in [0.4, 0.5) is 0 Å². The average Bonchev–Trinajstić information content (AvgIpc) is 2.14. The molecule has 1 rings (SSSR count). The van der Waals surface area contributed by atoms with Gasteiger partial charge in [-0.25, -0.2) is 0 Å². The van der Waals surface area contributed by atoms with Crippen LogP contribution in [0.5, 0.6) is 0 Å². The summed E-state index contributed by atoms with van der Waals surface area (Å²) in [7, 11) is -1.58. The summed E-state index contributed by atoms with van der Waals surface area (Å²) in [6.07, 6.45) is 5.30. The third-order valence-corrected chi connectivity index (χ3v) is 4.49. The van der Waals surface area contributed by atoms with E-state index in [1.807, 2.05) is 0 Å². The van der Waals surface area contributed by atoms with Crippen LogP contribution in [-0.4, -0.2) is 26.4 Å². The van der Waals surface area contributed by atoms with E-state index in [2.05, 4.69) is 71.4 Å². The van der Waals surface area contributed by atoms with Gasteiger partial charge in [-0.1, -0.05) is 24.1 Å². The van der Waals surface area contributed by atoms with Gasteiger partial charge in [-0.15, -0.1) is 0 Å². The molecule has 0 aromatic carbocycles. The molecular formula is C14H27BO2Si. The maximum atomic E-state index is 6.30. The summed E-state index contributed by atoms with van der Waals surface area (Å²) >= 11 is 0. The zero-order chi connectivity index (χ0) is 14.0. The van der Waals surface area contributed by atoms with Crippen molar-refractivity contribution >= 4 is 15.2 Å². The largest absolute Gasteiger partial charge is 0.420 e. The molecule has 102 valence electrons. The molecule has 1 aliphatic heterocycles. The smallest absolute Gasteiger partial charge is 0.346 e. The van der Waals surface area contributed by atoms with Gasteiger partial charge in [0, 0.05) is 0 Å². The molecule has 0 saturated carbocycles. The molecule has 0 N–H and O–H groups in total. The van der Waals surface area contributed by atoms with Gasteiger partial charge in [0.1, 0.15) is 0 Å². The summed E-state index contributed by atoms with van der Waals surface area (Å²) in [5, 5.41) is 0. The standard InChI is InChI=1S/C14H27BO2Si/c1-13(2,14(3,4)17-18(5,6)7)16-15-11-9-8-10-12-15/h9-12H,8H2,1-7H3. The predicted octanol–water partition coefficient (Wildman–Crippen LogP) is 4.00. The summed E-state index contributed by atoms with van der Waals surface area (Å²) in [5.74, 6) is 4.23. The van der Waals surface area contributed by atoms with Crippen molar-refractivity contribution in [2.45, 2.75) is 65.0 Å². The van der Waals surface area contributed by atoms with Crippen LogP contribution >= 0.6 is 0 Å². The molecule has 0 bridgehead atoms. The highest BCUT2D eigenvalue weighted by atomic mass is 28.4. The topological polar surface area (TPSA) is 18.5 Å². The lowest BCUT2D eigenvalue weighted by molar-refractivity contribution is -0.0790. The molecule has 0 atom stereocenters. The first-order valence-corrected chi connectivity index (χ1v) is 10.2. The first-order chi connectivity index (χ1) is 8.04. The van der Waals surface area contributed by atoms with Crippen LogP contribution in [0.25, 0.3) is 0 Å². The molecule has 0 saturated heterocycles. The summed E-state index contributed by atoms with van der Waals surface area (Å²) < 4.78 is 12.5. The molecule has 0 amide bonds. The maximum Gasteiger partial charge on any atom is 0.346 e. The lowest BCUT2D eigenvalue weighted by atomic mass is 9.64. The fraction of sp³-hybridized carbons (Fsp3) is 0.714. The van der Waals surface area contributed by atoms with Crippen molar-refractivity contribution in [2.24, 2.45) is 0 Å². The van der Waals surface area contributed by atoms with E-state index >= 15 is 0 Å². The molecule has 1 aliphatic rings. The van der Waals surface area contributed by atoms with Crippen molar-refractivity contribution in [3.63, 3.8) is 0 Å². The Labute approximate surface area is 114 Å². The van der Waals surface area contributed by atoms with E-state index < -0.39 is 8.32 Å².